The van der Waals surface area contributed by atoms with E-state index in [9.17, 15) is 24.9 Å². The maximum atomic E-state index is 11.5. The number of nitrogens with two attached hydrogens (primary N) is 1. The van der Waals surface area contributed by atoms with Crippen LogP contribution in [0.4, 0.5) is 4.79 Å². The summed E-state index contributed by atoms with van der Waals surface area (Å²) in [4.78, 5) is 22.7. The summed E-state index contributed by atoms with van der Waals surface area (Å²) in [7, 11) is 0. The van der Waals surface area contributed by atoms with E-state index < -0.39 is 30.5 Å². The summed E-state index contributed by atoms with van der Waals surface area (Å²) in [5.74, 6) is -1.23. The summed E-state index contributed by atoms with van der Waals surface area (Å²) in [5.41, 5.74) is 6.31. The summed E-state index contributed by atoms with van der Waals surface area (Å²) < 4.78 is 10.5. The molecular formula is C30H49NO7. The molecule has 8 heteroatoms. The maximum Gasteiger partial charge on any atom is 0.404 e. The average molecular weight is 536 g/mol. The van der Waals surface area contributed by atoms with Gasteiger partial charge in [-0.15, -0.1) is 0 Å². The average Bonchev–Trinajstić information content (AvgIpc) is 3.26. The molecule has 8 nitrogen and oxygen atoms in total. The van der Waals surface area contributed by atoms with Crippen molar-refractivity contribution in [3.05, 3.63) is 48.6 Å². The molecular weight excluding hydrogens is 486 g/mol. The number of amides is 1. The van der Waals surface area contributed by atoms with Crippen LogP contribution in [0.25, 0.3) is 0 Å². The normalized spacial score (nSPS) is 23.8. The van der Waals surface area contributed by atoms with Gasteiger partial charge in [0.15, 0.2) is 0 Å². The Kier molecular flexibility index (Phi) is 14.6. The van der Waals surface area contributed by atoms with Crippen molar-refractivity contribution < 1.29 is 34.4 Å². The standard InChI is InChI=1S/C30H49NO7/c1-8-9-10-20(4)29(38-30(31)36)23(7)28(35)22(6)16-18(2)15-21(5)27(34)19(3)11-12-24(32)17-25-13-14-26(33)37-25/h8-12,15,19-25,27-29,32,34-35H,1,13-14,16-17H2,2-7H3,(H2,31,36)/b10-9-,12-11-,18-15-/t19-,20-,21-,22-,23-,24+,25-,27-,28+,29-/m0/s1. The number of primary amides is 1. The van der Waals surface area contributed by atoms with E-state index >= 15 is 0 Å². The summed E-state index contributed by atoms with van der Waals surface area (Å²) >= 11 is 0. The lowest BCUT2D eigenvalue weighted by atomic mass is 9.81. The second kappa shape index (κ2) is 16.5. The number of allylic oxidation sites excluding steroid dienone is 3. The van der Waals surface area contributed by atoms with Crippen molar-refractivity contribution in [2.75, 3.05) is 0 Å². The minimum absolute atomic E-state index is 0.127. The van der Waals surface area contributed by atoms with Gasteiger partial charge < -0.3 is 30.5 Å². The van der Waals surface area contributed by atoms with E-state index in [2.05, 4.69) is 6.58 Å². The Labute approximate surface area is 228 Å². The van der Waals surface area contributed by atoms with Gasteiger partial charge in [-0.2, -0.15) is 0 Å². The van der Waals surface area contributed by atoms with Crippen molar-refractivity contribution >= 4 is 12.1 Å². The van der Waals surface area contributed by atoms with Gasteiger partial charge in [0.2, 0.25) is 0 Å². The Bertz CT molecular complexity index is 852. The molecule has 0 unspecified atom stereocenters. The van der Waals surface area contributed by atoms with Crippen molar-refractivity contribution in [3.8, 4) is 0 Å². The lowest BCUT2D eigenvalue weighted by Crippen LogP contribution is -2.41. The highest BCUT2D eigenvalue weighted by atomic mass is 16.6. The molecule has 216 valence electrons. The van der Waals surface area contributed by atoms with Crippen LogP contribution in [0.15, 0.2) is 48.6 Å². The second-order valence-corrected chi connectivity index (χ2v) is 11.0. The zero-order valence-electron chi connectivity index (χ0n) is 23.8. The number of hydrogen-bond donors (Lipinski definition) is 4. The first-order valence-electron chi connectivity index (χ1n) is 13.6. The molecule has 0 spiro atoms. The first-order valence-corrected chi connectivity index (χ1v) is 13.6. The van der Waals surface area contributed by atoms with Gasteiger partial charge in [0.25, 0.3) is 0 Å². The van der Waals surface area contributed by atoms with Crippen LogP contribution < -0.4 is 5.73 Å². The lowest BCUT2D eigenvalue weighted by molar-refractivity contribution is -0.142. The minimum Gasteiger partial charge on any atom is -0.462 e. The molecule has 0 aromatic rings. The highest BCUT2D eigenvalue weighted by Crippen LogP contribution is 2.29. The van der Waals surface area contributed by atoms with E-state index in [1.165, 1.54) is 0 Å². The van der Waals surface area contributed by atoms with E-state index in [1.807, 2.05) is 53.7 Å². The first kappa shape index (κ1) is 33.6. The second-order valence-electron chi connectivity index (χ2n) is 11.0. The SMILES string of the molecule is C=C/C=C\[C@H](C)[C@H](OC(N)=O)[C@@H](C)[C@H](O)[C@@H](C)C/C(C)=C\[C@H](C)[C@@H](O)[C@@H](C)/C=C\[C@@H](O)C[C@@H]1CCC(=O)O1. The fourth-order valence-corrected chi connectivity index (χ4v) is 5.14. The molecule has 1 amide bonds. The smallest absolute Gasteiger partial charge is 0.404 e. The molecule has 38 heavy (non-hydrogen) atoms. The number of cyclic esters (lactones) is 1. The maximum absolute atomic E-state index is 11.5. The van der Waals surface area contributed by atoms with E-state index in [-0.39, 0.29) is 41.7 Å². The predicted molar refractivity (Wildman–Crippen MR) is 149 cm³/mol. The molecule has 1 heterocycles. The Morgan fingerprint density at radius 1 is 1.08 bits per heavy atom. The van der Waals surface area contributed by atoms with Crippen LogP contribution in [0.5, 0.6) is 0 Å². The van der Waals surface area contributed by atoms with Gasteiger partial charge in [-0.25, -0.2) is 4.79 Å². The van der Waals surface area contributed by atoms with Crippen LogP contribution in [-0.2, 0) is 14.3 Å². The molecule has 0 aromatic carbocycles. The molecule has 0 saturated carbocycles. The molecule has 10 atom stereocenters. The first-order chi connectivity index (χ1) is 17.8. The molecule has 1 fully saturated rings. The third-order valence-electron chi connectivity index (χ3n) is 7.34. The van der Waals surface area contributed by atoms with Crippen molar-refractivity contribution in [1.82, 2.24) is 0 Å². The van der Waals surface area contributed by atoms with E-state index in [0.717, 1.165) is 5.57 Å². The molecule has 1 aliphatic rings. The Balaban J connectivity index is 2.71. The van der Waals surface area contributed by atoms with Gasteiger partial charge in [0.1, 0.15) is 12.2 Å². The van der Waals surface area contributed by atoms with Crippen LogP contribution in [-0.4, -0.2) is 57.9 Å². The Hall–Kier alpha value is -2.42. The number of rotatable bonds is 16. The van der Waals surface area contributed by atoms with Crippen LogP contribution in [0, 0.1) is 29.6 Å². The summed E-state index contributed by atoms with van der Waals surface area (Å²) in [6, 6.07) is 0. The van der Waals surface area contributed by atoms with Crippen LogP contribution in [0.2, 0.25) is 0 Å². The highest BCUT2D eigenvalue weighted by molar-refractivity contribution is 5.71. The van der Waals surface area contributed by atoms with Gasteiger partial charge in [0, 0.05) is 36.5 Å². The molecule has 1 rings (SSSR count). The molecule has 5 N–H and O–H groups in total. The topological polar surface area (TPSA) is 139 Å². The monoisotopic (exact) mass is 535 g/mol. The highest BCUT2D eigenvalue weighted by Gasteiger charge is 2.33. The van der Waals surface area contributed by atoms with E-state index in [4.69, 9.17) is 15.2 Å². The van der Waals surface area contributed by atoms with Gasteiger partial charge in [-0.3, -0.25) is 4.79 Å². The fourth-order valence-electron chi connectivity index (χ4n) is 5.14. The molecule has 0 radical (unpaired) electrons. The van der Waals surface area contributed by atoms with Crippen molar-refractivity contribution in [1.29, 1.82) is 0 Å². The van der Waals surface area contributed by atoms with Crippen LogP contribution >= 0.6 is 0 Å². The summed E-state index contributed by atoms with van der Waals surface area (Å²) in [6.07, 6.45) is 8.82. The molecule has 0 bridgehead atoms. The molecule has 0 aliphatic carbocycles. The number of aliphatic hydroxyl groups is 3. The minimum atomic E-state index is -0.878. The van der Waals surface area contributed by atoms with Gasteiger partial charge in [-0.05, 0) is 25.7 Å². The number of aliphatic hydroxyl groups excluding tert-OH is 3. The van der Waals surface area contributed by atoms with E-state index in [0.29, 0.717) is 25.7 Å². The number of ether oxygens (including phenoxy) is 2. The van der Waals surface area contributed by atoms with Gasteiger partial charge >= 0.3 is 12.1 Å². The molecule has 1 saturated heterocycles. The predicted octanol–water partition coefficient (Wildman–Crippen LogP) is 4.44. The number of carbonyl (C=O) groups excluding carboxylic acids is 2. The van der Waals surface area contributed by atoms with Crippen LogP contribution in [0.1, 0.15) is 67.2 Å². The van der Waals surface area contributed by atoms with Crippen molar-refractivity contribution in [2.45, 2.75) is 97.7 Å². The third kappa shape index (κ3) is 11.5. The Morgan fingerprint density at radius 2 is 1.74 bits per heavy atom. The largest absolute Gasteiger partial charge is 0.462 e. The zero-order chi connectivity index (χ0) is 29.0. The van der Waals surface area contributed by atoms with Crippen molar-refractivity contribution in [3.63, 3.8) is 0 Å². The van der Waals surface area contributed by atoms with E-state index in [1.54, 1.807) is 24.3 Å². The zero-order valence-corrected chi connectivity index (χ0v) is 23.8. The van der Waals surface area contributed by atoms with Gasteiger partial charge in [-0.1, -0.05) is 83.2 Å². The van der Waals surface area contributed by atoms with Crippen LogP contribution in [0.3, 0.4) is 0 Å². The number of carbonyl (C=O) groups is 2. The van der Waals surface area contributed by atoms with Gasteiger partial charge in [0.05, 0.1) is 18.3 Å². The third-order valence-corrected chi connectivity index (χ3v) is 7.34. The Morgan fingerprint density at radius 3 is 2.29 bits per heavy atom. The quantitative estimate of drug-likeness (QED) is 0.130. The summed E-state index contributed by atoms with van der Waals surface area (Å²) in [5, 5.41) is 32.1. The fraction of sp³-hybridized carbons (Fsp3) is 0.667. The molecule has 1 aliphatic heterocycles. The number of esters is 1. The number of hydrogen-bond acceptors (Lipinski definition) is 7. The molecule has 0 aromatic heterocycles. The van der Waals surface area contributed by atoms with Crippen molar-refractivity contribution in [2.24, 2.45) is 35.3 Å². The summed E-state index contributed by atoms with van der Waals surface area (Å²) in [6.45, 7) is 15.1. The lowest BCUT2D eigenvalue weighted by Gasteiger charge is -2.33.